The third-order valence-corrected chi connectivity index (χ3v) is 2.69. The zero-order valence-corrected chi connectivity index (χ0v) is 11.6. The maximum atomic E-state index is 11.1. The van der Waals surface area contributed by atoms with Gasteiger partial charge < -0.3 is 10.4 Å². The van der Waals surface area contributed by atoms with Crippen molar-refractivity contribution in [1.82, 2.24) is 9.78 Å². The number of carboxylic acids is 1. The first kappa shape index (κ1) is 14.9. The van der Waals surface area contributed by atoms with E-state index in [0.29, 0.717) is 0 Å². The molecule has 1 rings (SSSR count). The standard InChI is InChI=1S/C11H18N4O4/c1-6(2)14-9(12-11(4,5)10(16)17)8(15(18)19)7(3)13-14/h6,12H,1-5H3,(H,16,17). The molecular weight excluding hydrogens is 252 g/mol. The van der Waals surface area contributed by atoms with Gasteiger partial charge in [0.15, 0.2) is 0 Å². The fourth-order valence-corrected chi connectivity index (χ4v) is 1.60. The summed E-state index contributed by atoms with van der Waals surface area (Å²) in [7, 11) is 0. The Morgan fingerprint density at radius 2 is 2.05 bits per heavy atom. The van der Waals surface area contributed by atoms with Crippen LogP contribution >= 0.6 is 0 Å². The number of anilines is 1. The Morgan fingerprint density at radius 1 is 1.53 bits per heavy atom. The number of nitro groups is 1. The Morgan fingerprint density at radius 3 is 2.42 bits per heavy atom. The van der Waals surface area contributed by atoms with Crippen molar-refractivity contribution < 1.29 is 14.8 Å². The second-order valence-electron chi connectivity index (χ2n) is 5.13. The van der Waals surface area contributed by atoms with Crippen LogP contribution in [0.1, 0.15) is 39.4 Å². The third-order valence-electron chi connectivity index (χ3n) is 2.69. The van der Waals surface area contributed by atoms with E-state index in [2.05, 4.69) is 10.4 Å². The second-order valence-corrected chi connectivity index (χ2v) is 5.13. The summed E-state index contributed by atoms with van der Waals surface area (Å²) >= 11 is 0. The van der Waals surface area contributed by atoms with Crippen molar-refractivity contribution in [2.45, 2.75) is 46.2 Å². The summed E-state index contributed by atoms with van der Waals surface area (Å²) in [4.78, 5) is 21.7. The first-order valence-electron chi connectivity index (χ1n) is 5.83. The van der Waals surface area contributed by atoms with Crippen LogP contribution in [0.3, 0.4) is 0 Å². The molecule has 0 aliphatic rings. The summed E-state index contributed by atoms with van der Waals surface area (Å²) in [6.07, 6.45) is 0. The van der Waals surface area contributed by atoms with Gasteiger partial charge in [0.2, 0.25) is 5.82 Å². The molecule has 0 saturated carbocycles. The second kappa shape index (κ2) is 4.87. The molecule has 1 aromatic rings. The lowest BCUT2D eigenvalue weighted by Gasteiger charge is -2.23. The number of nitrogens with one attached hydrogen (secondary N) is 1. The first-order chi connectivity index (χ1) is 8.58. The van der Waals surface area contributed by atoms with Gasteiger partial charge in [-0.25, -0.2) is 9.48 Å². The quantitative estimate of drug-likeness (QED) is 0.625. The Balaban J connectivity index is 3.39. The van der Waals surface area contributed by atoms with Crippen LogP contribution < -0.4 is 5.32 Å². The molecule has 0 fully saturated rings. The van der Waals surface area contributed by atoms with Gasteiger partial charge in [-0.3, -0.25) is 10.1 Å². The van der Waals surface area contributed by atoms with E-state index >= 15 is 0 Å². The van der Waals surface area contributed by atoms with E-state index in [4.69, 9.17) is 5.11 Å². The molecule has 0 spiro atoms. The predicted molar refractivity (Wildman–Crippen MR) is 69.3 cm³/mol. The molecule has 1 aromatic heterocycles. The summed E-state index contributed by atoms with van der Waals surface area (Å²) in [5, 5.41) is 27.0. The minimum atomic E-state index is -1.33. The highest BCUT2D eigenvalue weighted by atomic mass is 16.6. The van der Waals surface area contributed by atoms with Gasteiger partial charge in [-0.15, -0.1) is 0 Å². The lowest BCUT2D eigenvalue weighted by Crippen LogP contribution is -2.41. The van der Waals surface area contributed by atoms with Crippen LogP contribution in [0.4, 0.5) is 11.5 Å². The average molecular weight is 270 g/mol. The number of hydrogen-bond acceptors (Lipinski definition) is 5. The Bertz CT molecular complexity index is 519. The van der Waals surface area contributed by atoms with E-state index in [1.807, 2.05) is 13.8 Å². The van der Waals surface area contributed by atoms with E-state index < -0.39 is 16.4 Å². The van der Waals surface area contributed by atoms with Gasteiger partial charge in [0, 0.05) is 6.04 Å². The third kappa shape index (κ3) is 2.83. The van der Waals surface area contributed by atoms with Crippen molar-refractivity contribution in [1.29, 1.82) is 0 Å². The van der Waals surface area contributed by atoms with Gasteiger partial charge in [-0.1, -0.05) is 0 Å². The SMILES string of the molecule is Cc1nn(C(C)C)c(NC(C)(C)C(=O)O)c1[N+](=O)[O-]. The van der Waals surface area contributed by atoms with Crippen molar-refractivity contribution in [2.24, 2.45) is 0 Å². The molecule has 0 saturated heterocycles. The van der Waals surface area contributed by atoms with Gasteiger partial charge in [0.25, 0.3) is 0 Å². The van der Waals surface area contributed by atoms with Crippen molar-refractivity contribution in [3.05, 3.63) is 15.8 Å². The Hall–Kier alpha value is -2.12. The minimum absolute atomic E-state index is 0.116. The van der Waals surface area contributed by atoms with Crippen LogP contribution in [-0.4, -0.2) is 31.3 Å². The summed E-state index contributed by atoms with van der Waals surface area (Å²) in [6.45, 7) is 8.03. The van der Waals surface area contributed by atoms with Gasteiger partial charge in [-0.2, -0.15) is 5.10 Å². The molecule has 0 radical (unpaired) electrons. The number of aliphatic carboxylic acids is 1. The highest BCUT2D eigenvalue weighted by Crippen LogP contribution is 2.32. The van der Waals surface area contributed by atoms with Crippen molar-refractivity contribution in [3.63, 3.8) is 0 Å². The molecule has 106 valence electrons. The van der Waals surface area contributed by atoms with Crippen molar-refractivity contribution >= 4 is 17.5 Å². The maximum absolute atomic E-state index is 11.1. The van der Waals surface area contributed by atoms with E-state index in [1.54, 1.807) is 0 Å². The molecule has 0 bridgehead atoms. The lowest BCUT2D eigenvalue weighted by molar-refractivity contribution is -0.384. The smallest absolute Gasteiger partial charge is 0.333 e. The molecule has 19 heavy (non-hydrogen) atoms. The van der Waals surface area contributed by atoms with Crippen LogP contribution in [0.25, 0.3) is 0 Å². The fraction of sp³-hybridized carbons (Fsp3) is 0.636. The molecular formula is C11H18N4O4. The van der Waals surface area contributed by atoms with E-state index in [1.165, 1.54) is 25.5 Å². The molecule has 0 aromatic carbocycles. The van der Waals surface area contributed by atoms with Crippen LogP contribution in [0, 0.1) is 17.0 Å². The van der Waals surface area contributed by atoms with E-state index in [-0.39, 0.29) is 23.2 Å². The van der Waals surface area contributed by atoms with Crippen molar-refractivity contribution in [3.8, 4) is 0 Å². The summed E-state index contributed by atoms with van der Waals surface area (Å²) < 4.78 is 1.43. The Kier molecular flexibility index (Phi) is 3.83. The number of nitrogens with zero attached hydrogens (tertiary/aromatic N) is 3. The number of rotatable bonds is 5. The number of carbonyl (C=O) groups is 1. The summed E-state index contributed by atoms with van der Waals surface area (Å²) in [6, 6.07) is -0.125. The molecule has 8 heteroatoms. The molecule has 0 unspecified atom stereocenters. The molecule has 0 atom stereocenters. The fourth-order valence-electron chi connectivity index (χ4n) is 1.60. The largest absolute Gasteiger partial charge is 0.480 e. The van der Waals surface area contributed by atoms with Gasteiger partial charge in [-0.05, 0) is 34.6 Å². The monoisotopic (exact) mass is 270 g/mol. The van der Waals surface area contributed by atoms with Gasteiger partial charge in [0.05, 0.1) is 4.92 Å². The van der Waals surface area contributed by atoms with Crippen molar-refractivity contribution in [2.75, 3.05) is 5.32 Å². The van der Waals surface area contributed by atoms with Crippen LogP contribution in [0.5, 0.6) is 0 Å². The number of aryl methyl sites for hydroxylation is 1. The predicted octanol–water partition coefficient (Wildman–Crippen LogP) is 1.96. The zero-order chi connectivity index (χ0) is 15.0. The first-order valence-corrected chi connectivity index (χ1v) is 5.83. The average Bonchev–Trinajstić information content (AvgIpc) is 2.54. The Labute approximate surface area is 110 Å². The van der Waals surface area contributed by atoms with Crippen LogP contribution in [0.2, 0.25) is 0 Å². The maximum Gasteiger partial charge on any atom is 0.333 e. The molecule has 8 nitrogen and oxygen atoms in total. The van der Waals surface area contributed by atoms with E-state index in [9.17, 15) is 14.9 Å². The molecule has 0 aliphatic heterocycles. The normalized spacial score (nSPS) is 11.7. The topological polar surface area (TPSA) is 110 Å². The molecule has 0 amide bonds. The van der Waals surface area contributed by atoms with Gasteiger partial charge in [0.1, 0.15) is 11.2 Å². The number of aromatic nitrogens is 2. The minimum Gasteiger partial charge on any atom is -0.480 e. The van der Waals surface area contributed by atoms with Crippen LogP contribution in [0.15, 0.2) is 0 Å². The van der Waals surface area contributed by atoms with E-state index in [0.717, 1.165) is 0 Å². The number of hydrogen-bond donors (Lipinski definition) is 2. The zero-order valence-electron chi connectivity index (χ0n) is 11.6. The molecule has 0 aliphatic carbocycles. The molecule has 2 N–H and O–H groups in total. The van der Waals surface area contributed by atoms with Crippen LogP contribution in [-0.2, 0) is 4.79 Å². The summed E-state index contributed by atoms with van der Waals surface area (Å²) in [5.74, 6) is -0.985. The number of carboxylic acid groups (broad SMARTS) is 1. The van der Waals surface area contributed by atoms with Gasteiger partial charge >= 0.3 is 11.7 Å². The highest BCUT2D eigenvalue weighted by Gasteiger charge is 2.34. The molecule has 1 heterocycles. The summed E-state index contributed by atoms with van der Waals surface area (Å²) in [5.41, 5.74) is -1.27. The lowest BCUT2D eigenvalue weighted by atomic mass is 10.1. The highest BCUT2D eigenvalue weighted by molar-refractivity contribution is 5.82.